The Morgan fingerprint density at radius 1 is 1.24 bits per heavy atom. The maximum atomic E-state index is 12.6. The van der Waals surface area contributed by atoms with Crippen molar-refractivity contribution in [2.75, 3.05) is 7.05 Å². The number of carbonyl (C=O) groups excluding carboxylic acids is 1. The van der Waals surface area contributed by atoms with Gasteiger partial charge in [0.2, 0.25) is 0 Å². The molecule has 0 saturated carbocycles. The Morgan fingerprint density at radius 2 is 1.95 bits per heavy atom. The van der Waals surface area contributed by atoms with Gasteiger partial charge in [-0.3, -0.25) is 4.79 Å². The zero-order valence-electron chi connectivity index (χ0n) is 11.7. The Kier molecular flexibility index (Phi) is 5.52. The summed E-state index contributed by atoms with van der Waals surface area (Å²) in [5.41, 5.74) is 2.68. The largest absolute Gasteiger partial charge is 0.337 e. The molecule has 0 unspecified atom stereocenters. The number of nitrogens with zero attached hydrogens (tertiary/aromatic N) is 1. The van der Waals surface area contributed by atoms with E-state index in [2.05, 4.69) is 22.6 Å². The summed E-state index contributed by atoms with van der Waals surface area (Å²) in [6.07, 6.45) is 0. The third kappa shape index (κ3) is 3.90. The lowest BCUT2D eigenvalue weighted by molar-refractivity contribution is 0.0784. The minimum absolute atomic E-state index is 0.0193. The van der Waals surface area contributed by atoms with E-state index in [9.17, 15) is 4.79 Å². The minimum atomic E-state index is -0.0193. The summed E-state index contributed by atoms with van der Waals surface area (Å²) in [6.45, 7) is 2.44. The zero-order chi connectivity index (χ0) is 15.6. The van der Waals surface area contributed by atoms with Gasteiger partial charge in [-0.25, -0.2) is 0 Å². The van der Waals surface area contributed by atoms with Gasteiger partial charge in [-0.05, 0) is 58.8 Å². The van der Waals surface area contributed by atoms with Crippen molar-refractivity contribution in [2.45, 2.75) is 13.5 Å². The molecule has 0 radical (unpaired) electrons. The lowest BCUT2D eigenvalue weighted by Crippen LogP contribution is -2.27. The van der Waals surface area contributed by atoms with Gasteiger partial charge in [-0.2, -0.15) is 0 Å². The summed E-state index contributed by atoms with van der Waals surface area (Å²) >= 11 is 14.2. The maximum absolute atomic E-state index is 12.6. The Bertz CT molecular complexity index is 688. The number of aryl methyl sites for hydroxylation is 1. The van der Waals surface area contributed by atoms with Gasteiger partial charge in [-0.15, -0.1) is 0 Å². The number of amides is 1. The summed E-state index contributed by atoms with van der Waals surface area (Å²) < 4.78 is 0.981. The summed E-state index contributed by atoms with van der Waals surface area (Å²) in [7, 11) is 1.77. The van der Waals surface area contributed by atoms with Crippen LogP contribution in [0.3, 0.4) is 0 Å². The van der Waals surface area contributed by atoms with Crippen LogP contribution in [0.5, 0.6) is 0 Å². The Balaban J connectivity index is 2.21. The first kappa shape index (κ1) is 16.6. The predicted octanol–water partition coefficient (Wildman–Crippen LogP) is 5.18. The Labute approximate surface area is 148 Å². The molecule has 110 valence electrons. The molecule has 0 saturated heterocycles. The molecule has 0 atom stereocenters. The van der Waals surface area contributed by atoms with Crippen LogP contribution in [0, 0.1) is 10.5 Å². The van der Waals surface area contributed by atoms with Crippen molar-refractivity contribution < 1.29 is 4.79 Å². The molecule has 1 amide bonds. The molecule has 5 heteroatoms. The molecule has 2 aromatic rings. The number of benzene rings is 2. The summed E-state index contributed by atoms with van der Waals surface area (Å²) in [6, 6.07) is 11.0. The van der Waals surface area contributed by atoms with E-state index >= 15 is 0 Å². The van der Waals surface area contributed by atoms with Crippen molar-refractivity contribution in [3.63, 3.8) is 0 Å². The van der Waals surface area contributed by atoms with Gasteiger partial charge in [0.15, 0.2) is 0 Å². The van der Waals surface area contributed by atoms with E-state index in [1.165, 1.54) is 0 Å². The fraction of sp³-hybridized carbons (Fsp3) is 0.188. The van der Waals surface area contributed by atoms with Crippen molar-refractivity contribution in [3.05, 3.63) is 66.7 Å². The monoisotopic (exact) mass is 433 g/mol. The van der Waals surface area contributed by atoms with Gasteiger partial charge < -0.3 is 4.90 Å². The molecule has 0 heterocycles. The topological polar surface area (TPSA) is 20.3 Å². The van der Waals surface area contributed by atoms with E-state index in [0.717, 1.165) is 14.7 Å². The highest BCUT2D eigenvalue weighted by Crippen LogP contribution is 2.23. The smallest absolute Gasteiger partial charge is 0.254 e. The fourth-order valence-corrected chi connectivity index (χ4v) is 3.05. The number of carbonyl (C=O) groups is 1. The molecule has 0 bridgehead atoms. The van der Waals surface area contributed by atoms with Crippen LogP contribution in [-0.4, -0.2) is 17.9 Å². The van der Waals surface area contributed by atoms with E-state index in [1.807, 2.05) is 31.2 Å². The van der Waals surface area contributed by atoms with Gasteiger partial charge >= 0.3 is 0 Å². The van der Waals surface area contributed by atoms with Gasteiger partial charge in [-0.1, -0.05) is 41.4 Å². The average Bonchev–Trinajstić information content (AvgIpc) is 2.44. The van der Waals surface area contributed by atoms with E-state index < -0.39 is 0 Å². The fourth-order valence-electron chi connectivity index (χ4n) is 2.00. The van der Waals surface area contributed by atoms with Gasteiger partial charge in [0.05, 0.1) is 5.56 Å². The van der Waals surface area contributed by atoms with Crippen molar-refractivity contribution in [1.29, 1.82) is 0 Å². The standard InChI is InChI=1S/C16H14Cl2INO/c1-10-4-3-5-13(15(10)19)16(21)20(2)9-11-6-7-12(17)8-14(11)18/h3-8H,9H2,1-2H3. The highest BCUT2D eigenvalue weighted by atomic mass is 127. The Morgan fingerprint density at radius 3 is 2.62 bits per heavy atom. The molecule has 0 aromatic heterocycles. The zero-order valence-corrected chi connectivity index (χ0v) is 15.3. The molecule has 0 aliphatic carbocycles. The minimum Gasteiger partial charge on any atom is -0.337 e. The molecule has 2 aromatic carbocycles. The van der Waals surface area contributed by atoms with E-state index in [0.29, 0.717) is 22.2 Å². The first-order chi connectivity index (χ1) is 9.90. The van der Waals surface area contributed by atoms with Crippen LogP contribution in [0.25, 0.3) is 0 Å². The summed E-state index contributed by atoms with van der Waals surface area (Å²) in [5, 5.41) is 1.16. The Hall–Kier alpha value is -0.780. The van der Waals surface area contributed by atoms with Crippen molar-refractivity contribution in [1.82, 2.24) is 4.90 Å². The predicted molar refractivity (Wildman–Crippen MR) is 96.2 cm³/mol. The third-order valence-corrected chi connectivity index (χ3v) is 5.21. The number of halogens is 3. The first-order valence-corrected chi connectivity index (χ1v) is 8.18. The van der Waals surface area contributed by atoms with Crippen LogP contribution < -0.4 is 0 Å². The molecule has 0 spiro atoms. The number of hydrogen-bond donors (Lipinski definition) is 0. The average molecular weight is 434 g/mol. The highest BCUT2D eigenvalue weighted by Gasteiger charge is 2.16. The molecular formula is C16H14Cl2INO. The SMILES string of the molecule is Cc1cccc(C(=O)N(C)Cc2ccc(Cl)cc2Cl)c1I. The van der Waals surface area contributed by atoms with Crippen LogP contribution >= 0.6 is 45.8 Å². The molecule has 0 fully saturated rings. The van der Waals surface area contributed by atoms with Crippen LogP contribution in [0.1, 0.15) is 21.5 Å². The molecule has 0 aliphatic rings. The van der Waals surface area contributed by atoms with Crippen LogP contribution in [0.4, 0.5) is 0 Å². The lowest BCUT2D eigenvalue weighted by Gasteiger charge is -2.19. The second kappa shape index (κ2) is 6.99. The molecule has 21 heavy (non-hydrogen) atoms. The van der Waals surface area contributed by atoms with Gasteiger partial charge in [0.1, 0.15) is 0 Å². The lowest BCUT2D eigenvalue weighted by atomic mass is 10.1. The van der Waals surface area contributed by atoms with E-state index in [4.69, 9.17) is 23.2 Å². The van der Waals surface area contributed by atoms with Crippen molar-refractivity contribution in [2.24, 2.45) is 0 Å². The van der Waals surface area contributed by atoms with Crippen molar-refractivity contribution >= 4 is 51.7 Å². The summed E-state index contributed by atoms with van der Waals surface area (Å²) in [5.74, 6) is -0.0193. The highest BCUT2D eigenvalue weighted by molar-refractivity contribution is 14.1. The quantitative estimate of drug-likeness (QED) is 0.610. The van der Waals surface area contributed by atoms with Crippen LogP contribution in [-0.2, 0) is 6.54 Å². The first-order valence-electron chi connectivity index (χ1n) is 6.34. The van der Waals surface area contributed by atoms with E-state index in [-0.39, 0.29) is 5.91 Å². The van der Waals surface area contributed by atoms with Gasteiger partial charge in [0, 0.05) is 27.2 Å². The third-order valence-electron chi connectivity index (χ3n) is 3.19. The second-order valence-corrected chi connectivity index (χ2v) is 6.76. The summed E-state index contributed by atoms with van der Waals surface area (Å²) in [4.78, 5) is 14.2. The maximum Gasteiger partial charge on any atom is 0.254 e. The molecule has 2 rings (SSSR count). The van der Waals surface area contributed by atoms with Crippen molar-refractivity contribution in [3.8, 4) is 0 Å². The second-order valence-electron chi connectivity index (χ2n) is 4.83. The van der Waals surface area contributed by atoms with Crippen LogP contribution in [0.2, 0.25) is 10.0 Å². The normalized spacial score (nSPS) is 10.5. The van der Waals surface area contributed by atoms with E-state index in [1.54, 1.807) is 24.1 Å². The molecular weight excluding hydrogens is 420 g/mol. The van der Waals surface area contributed by atoms with Gasteiger partial charge in [0.25, 0.3) is 5.91 Å². The molecule has 2 nitrogen and oxygen atoms in total. The molecule has 0 N–H and O–H groups in total. The number of rotatable bonds is 3. The van der Waals surface area contributed by atoms with Crippen LogP contribution in [0.15, 0.2) is 36.4 Å². The molecule has 0 aliphatic heterocycles. The number of hydrogen-bond acceptors (Lipinski definition) is 1.